The van der Waals surface area contributed by atoms with E-state index in [-0.39, 0.29) is 6.42 Å². The van der Waals surface area contributed by atoms with Crippen molar-refractivity contribution in [2.45, 2.75) is 19.8 Å². The molecule has 0 fully saturated rings. The third-order valence-corrected chi connectivity index (χ3v) is 3.49. The Bertz CT molecular complexity index is 791. The van der Waals surface area contributed by atoms with E-state index in [1.54, 1.807) is 0 Å². The van der Waals surface area contributed by atoms with Gasteiger partial charge in [0.05, 0.1) is 17.8 Å². The lowest BCUT2D eigenvalue weighted by atomic mass is 10.1. The Hall–Kier alpha value is -2.62. The average Bonchev–Trinajstić information content (AvgIpc) is 2.84. The molecule has 2 aromatic heterocycles. The van der Waals surface area contributed by atoms with Crippen molar-refractivity contribution in [3.8, 4) is 11.3 Å². The molecule has 0 amide bonds. The van der Waals surface area contributed by atoms with Crippen molar-refractivity contribution < 1.29 is 9.90 Å². The van der Waals surface area contributed by atoms with Gasteiger partial charge < -0.3 is 9.51 Å². The van der Waals surface area contributed by atoms with E-state index in [9.17, 15) is 4.79 Å². The monoisotopic (exact) mass is 280 g/mol. The lowest BCUT2D eigenvalue weighted by molar-refractivity contribution is -0.136. The molecule has 0 unspecified atom stereocenters. The van der Waals surface area contributed by atoms with E-state index in [0.717, 1.165) is 28.2 Å². The number of rotatable bonds is 4. The van der Waals surface area contributed by atoms with Gasteiger partial charge in [-0.15, -0.1) is 0 Å². The Morgan fingerprint density at radius 3 is 2.67 bits per heavy atom. The Balaban J connectivity index is 2.18. The zero-order valence-electron chi connectivity index (χ0n) is 11.8. The predicted molar refractivity (Wildman–Crippen MR) is 81.3 cm³/mol. The van der Waals surface area contributed by atoms with Gasteiger partial charge in [0.25, 0.3) is 0 Å². The maximum absolute atomic E-state index is 10.9. The first-order valence-electron chi connectivity index (χ1n) is 6.90. The molecule has 3 rings (SSSR count). The van der Waals surface area contributed by atoms with E-state index in [4.69, 9.17) is 5.11 Å². The molecule has 106 valence electrons. The highest BCUT2D eigenvalue weighted by Gasteiger charge is 2.14. The predicted octanol–water partition coefficient (Wildman–Crippen LogP) is 3.33. The van der Waals surface area contributed by atoms with E-state index in [1.807, 2.05) is 60.0 Å². The molecule has 0 aliphatic heterocycles. The minimum Gasteiger partial charge on any atom is -0.481 e. The summed E-state index contributed by atoms with van der Waals surface area (Å²) in [6.07, 6.45) is 2.57. The third kappa shape index (κ3) is 2.65. The molecule has 0 spiro atoms. The molecular formula is C17H16N2O2. The first-order valence-corrected chi connectivity index (χ1v) is 6.90. The van der Waals surface area contributed by atoms with Crippen LogP contribution in [0.2, 0.25) is 0 Å². The van der Waals surface area contributed by atoms with Crippen molar-refractivity contribution in [1.29, 1.82) is 0 Å². The summed E-state index contributed by atoms with van der Waals surface area (Å²) in [5.41, 5.74) is 4.79. The maximum atomic E-state index is 10.9. The van der Waals surface area contributed by atoms with Crippen LogP contribution in [0.25, 0.3) is 16.9 Å². The minimum atomic E-state index is -0.795. The second-order valence-corrected chi connectivity index (χ2v) is 5.10. The highest BCUT2D eigenvalue weighted by molar-refractivity contribution is 5.70. The topological polar surface area (TPSA) is 54.6 Å². The average molecular weight is 280 g/mol. The molecule has 0 radical (unpaired) electrons. The van der Waals surface area contributed by atoms with Gasteiger partial charge in [-0.1, -0.05) is 36.4 Å². The van der Waals surface area contributed by atoms with Gasteiger partial charge in [0, 0.05) is 18.2 Å². The molecule has 21 heavy (non-hydrogen) atoms. The van der Waals surface area contributed by atoms with Crippen LogP contribution in [0, 0.1) is 6.92 Å². The minimum absolute atomic E-state index is 0.0988. The maximum Gasteiger partial charge on any atom is 0.303 e. The molecule has 4 heteroatoms. The second kappa shape index (κ2) is 5.40. The third-order valence-electron chi connectivity index (χ3n) is 3.49. The fraction of sp³-hybridized carbons (Fsp3) is 0.176. The van der Waals surface area contributed by atoms with Crippen LogP contribution in [-0.4, -0.2) is 20.5 Å². The molecule has 0 bridgehead atoms. The second-order valence-electron chi connectivity index (χ2n) is 5.10. The molecule has 3 aromatic rings. The molecule has 2 heterocycles. The first-order chi connectivity index (χ1) is 10.1. The lowest BCUT2D eigenvalue weighted by Crippen LogP contribution is -2.01. The van der Waals surface area contributed by atoms with Gasteiger partial charge in [0.15, 0.2) is 0 Å². The number of aliphatic carboxylic acids is 1. The number of hydrogen-bond donors (Lipinski definition) is 1. The number of carboxylic acid groups (broad SMARTS) is 1. The summed E-state index contributed by atoms with van der Waals surface area (Å²) < 4.78 is 2.00. The van der Waals surface area contributed by atoms with E-state index < -0.39 is 5.97 Å². The number of carbonyl (C=O) groups is 1. The number of aryl methyl sites for hydroxylation is 2. The lowest BCUT2D eigenvalue weighted by Gasteiger charge is -2.04. The highest BCUT2D eigenvalue weighted by atomic mass is 16.4. The number of benzene rings is 1. The molecule has 4 nitrogen and oxygen atoms in total. The van der Waals surface area contributed by atoms with E-state index in [2.05, 4.69) is 4.98 Å². The van der Waals surface area contributed by atoms with Crippen LogP contribution in [-0.2, 0) is 11.2 Å². The Morgan fingerprint density at radius 2 is 1.95 bits per heavy atom. The summed E-state index contributed by atoms with van der Waals surface area (Å²) in [6, 6.07) is 13.9. The molecule has 0 aliphatic rings. The van der Waals surface area contributed by atoms with Crippen molar-refractivity contribution in [2.24, 2.45) is 0 Å². The Labute approximate surface area is 122 Å². The summed E-state index contributed by atoms with van der Waals surface area (Å²) in [5.74, 6) is -0.795. The van der Waals surface area contributed by atoms with Gasteiger partial charge in [0.1, 0.15) is 5.65 Å². The summed E-state index contributed by atoms with van der Waals surface area (Å²) in [4.78, 5) is 15.6. The number of hydrogen-bond acceptors (Lipinski definition) is 2. The summed E-state index contributed by atoms with van der Waals surface area (Å²) in [7, 11) is 0. The molecule has 0 saturated heterocycles. The van der Waals surface area contributed by atoms with Crippen LogP contribution in [0.3, 0.4) is 0 Å². The van der Waals surface area contributed by atoms with Crippen LogP contribution in [0.5, 0.6) is 0 Å². The zero-order valence-corrected chi connectivity index (χ0v) is 11.8. The molecule has 0 atom stereocenters. The summed E-state index contributed by atoms with van der Waals surface area (Å²) in [5, 5.41) is 8.97. The van der Waals surface area contributed by atoms with Crippen molar-refractivity contribution >= 4 is 11.6 Å². The molecule has 0 saturated carbocycles. The fourth-order valence-corrected chi connectivity index (χ4v) is 2.49. The molecular weight excluding hydrogens is 264 g/mol. The van der Waals surface area contributed by atoms with E-state index >= 15 is 0 Å². The van der Waals surface area contributed by atoms with E-state index in [0.29, 0.717) is 6.42 Å². The number of nitrogens with zero attached hydrogens (tertiary/aromatic N) is 2. The number of fused-ring (bicyclic) bond motifs is 1. The van der Waals surface area contributed by atoms with Gasteiger partial charge in [-0.3, -0.25) is 4.79 Å². The largest absolute Gasteiger partial charge is 0.481 e. The van der Waals surface area contributed by atoms with Gasteiger partial charge in [-0.25, -0.2) is 4.98 Å². The van der Waals surface area contributed by atoms with Crippen LogP contribution in [0.4, 0.5) is 0 Å². The Morgan fingerprint density at radius 1 is 1.19 bits per heavy atom. The van der Waals surface area contributed by atoms with Crippen molar-refractivity contribution in [2.75, 3.05) is 0 Å². The van der Waals surface area contributed by atoms with Gasteiger partial charge >= 0.3 is 5.97 Å². The van der Waals surface area contributed by atoms with Gasteiger partial charge in [-0.2, -0.15) is 0 Å². The molecule has 1 N–H and O–H groups in total. The smallest absolute Gasteiger partial charge is 0.303 e. The van der Waals surface area contributed by atoms with Crippen molar-refractivity contribution in [3.05, 3.63) is 59.9 Å². The number of pyridine rings is 1. The molecule has 0 aliphatic carbocycles. The summed E-state index contributed by atoms with van der Waals surface area (Å²) in [6.45, 7) is 2.02. The van der Waals surface area contributed by atoms with Crippen molar-refractivity contribution in [3.63, 3.8) is 0 Å². The standard InChI is InChI=1S/C17H16N2O2/c1-12-7-9-15-18-17(13-5-3-2-4-6-13)14(19(15)11-12)8-10-16(20)21/h2-7,9,11H,8,10H2,1H3,(H,20,21). The Kier molecular flexibility index (Phi) is 3.44. The van der Waals surface area contributed by atoms with Crippen molar-refractivity contribution in [1.82, 2.24) is 9.38 Å². The summed E-state index contributed by atoms with van der Waals surface area (Å²) >= 11 is 0. The van der Waals surface area contributed by atoms with Gasteiger partial charge in [-0.05, 0) is 18.6 Å². The normalized spacial score (nSPS) is 10.9. The number of carboxylic acids is 1. The zero-order chi connectivity index (χ0) is 14.8. The van der Waals surface area contributed by atoms with Gasteiger partial charge in [0.2, 0.25) is 0 Å². The molecule has 1 aromatic carbocycles. The number of imidazole rings is 1. The fourth-order valence-electron chi connectivity index (χ4n) is 2.49. The SMILES string of the molecule is Cc1ccc2nc(-c3ccccc3)c(CCC(=O)O)n2c1. The van der Waals surface area contributed by atoms with Crippen LogP contribution < -0.4 is 0 Å². The van der Waals surface area contributed by atoms with Crippen LogP contribution in [0.1, 0.15) is 17.7 Å². The van der Waals surface area contributed by atoms with E-state index in [1.165, 1.54) is 0 Å². The quantitative estimate of drug-likeness (QED) is 0.797. The van der Waals surface area contributed by atoms with Crippen LogP contribution >= 0.6 is 0 Å². The highest BCUT2D eigenvalue weighted by Crippen LogP contribution is 2.25. The first kappa shape index (κ1) is 13.4. The number of aromatic nitrogens is 2. The van der Waals surface area contributed by atoms with Crippen LogP contribution in [0.15, 0.2) is 48.7 Å².